The van der Waals surface area contributed by atoms with Gasteiger partial charge in [-0.1, -0.05) is 44.4 Å². The fourth-order valence-corrected chi connectivity index (χ4v) is 4.77. The summed E-state index contributed by atoms with van der Waals surface area (Å²) in [5, 5.41) is 21.8. The first-order valence-electron chi connectivity index (χ1n) is 13.0. The molecule has 0 radical (unpaired) electrons. The third kappa shape index (κ3) is 6.84. The van der Waals surface area contributed by atoms with Crippen LogP contribution in [0, 0.1) is 0 Å². The summed E-state index contributed by atoms with van der Waals surface area (Å²) in [6, 6.07) is 10.4. The van der Waals surface area contributed by atoms with Crippen LogP contribution in [0.15, 0.2) is 48.0 Å². The molecular formula is C29H37ClN2O5. The molecule has 8 heteroatoms. The number of methoxy groups -OCH3 is 1. The first kappa shape index (κ1) is 28.5. The van der Waals surface area contributed by atoms with Crippen LogP contribution in [-0.4, -0.2) is 65.0 Å². The Hall–Kier alpha value is -3.03. The van der Waals surface area contributed by atoms with Crippen molar-refractivity contribution in [2.24, 2.45) is 0 Å². The number of rotatable bonds is 13. The fourth-order valence-electron chi connectivity index (χ4n) is 4.65. The summed E-state index contributed by atoms with van der Waals surface area (Å²) >= 11 is 6.00. The van der Waals surface area contributed by atoms with Crippen LogP contribution in [0.3, 0.4) is 0 Å². The Morgan fingerprint density at radius 1 is 1.00 bits per heavy atom. The second kappa shape index (κ2) is 13.5. The summed E-state index contributed by atoms with van der Waals surface area (Å²) in [6.45, 7) is 7.51. The number of ketones is 1. The van der Waals surface area contributed by atoms with E-state index in [9.17, 15) is 19.8 Å². The number of likely N-dealkylation sites (tertiary alicyclic amines) is 1. The number of hydrogen-bond acceptors (Lipinski definition) is 6. The van der Waals surface area contributed by atoms with Crippen LogP contribution in [0.1, 0.15) is 63.1 Å². The highest BCUT2D eigenvalue weighted by Crippen LogP contribution is 2.41. The smallest absolute Gasteiger partial charge is 0.295 e. The number of halogens is 1. The molecule has 0 bridgehead atoms. The molecule has 2 N–H and O–H groups in total. The summed E-state index contributed by atoms with van der Waals surface area (Å²) in [5.74, 6) is -1.48. The molecule has 1 amide bonds. The van der Waals surface area contributed by atoms with Crippen LogP contribution in [0.25, 0.3) is 5.76 Å². The number of carbonyl (C=O) groups excluding carboxylic acids is 2. The Kier molecular flexibility index (Phi) is 10.4. The minimum atomic E-state index is -0.815. The molecule has 1 fully saturated rings. The van der Waals surface area contributed by atoms with Crippen molar-refractivity contribution in [2.45, 2.75) is 52.0 Å². The molecular weight excluding hydrogens is 492 g/mol. The van der Waals surface area contributed by atoms with Crippen molar-refractivity contribution >= 4 is 29.1 Å². The number of ether oxygens (including phenoxy) is 1. The molecule has 1 atom stereocenters. The van der Waals surface area contributed by atoms with Crippen LogP contribution in [0.2, 0.25) is 5.02 Å². The fraction of sp³-hybridized carbons (Fsp3) is 0.448. The van der Waals surface area contributed by atoms with Gasteiger partial charge in [-0.25, -0.2) is 0 Å². The number of amides is 1. The highest BCUT2D eigenvalue weighted by atomic mass is 35.5. The molecule has 0 unspecified atom stereocenters. The maximum atomic E-state index is 13.3. The van der Waals surface area contributed by atoms with Gasteiger partial charge in [0.2, 0.25) is 0 Å². The molecule has 2 aromatic carbocycles. The zero-order chi connectivity index (χ0) is 26.9. The molecule has 200 valence electrons. The zero-order valence-electron chi connectivity index (χ0n) is 21.9. The SMILES string of the molecule is CCCCN(CCCC)CCCN1C(=O)C(=O)C(=C(O)c2ccc(Cl)cc2)[C@H]1c1ccc(O)c(OC)c1. The summed E-state index contributed by atoms with van der Waals surface area (Å²) in [5.41, 5.74) is 0.968. The van der Waals surface area contributed by atoms with Crippen LogP contribution < -0.4 is 4.74 Å². The monoisotopic (exact) mass is 528 g/mol. The molecule has 1 saturated heterocycles. The zero-order valence-corrected chi connectivity index (χ0v) is 22.6. The molecule has 0 aromatic heterocycles. The van der Waals surface area contributed by atoms with E-state index in [0.717, 1.165) is 45.3 Å². The van der Waals surface area contributed by atoms with Gasteiger partial charge in [-0.05, 0) is 80.9 Å². The van der Waals surface area contributed by atoms with E-state index in [0.29, 0.717) is 29.1 Å². The highest BCUT2D eigenvalue weighted by Gasteiger charge is 2.46. The topological polar surface area (TPSA) is 90.3 Å². The van der Waals surface area contributed by atoms with Gasteiger partial charge in [0.25, 0.3) is 11.7 Å². The Bertz CT molecular complexity index is 1110. The molecule has 1 aliphatic rings. The van der Waals surface area contributed by atoms with Gasteiger partial charge in [0, 0.05) is 17.1 Å². The lowest BCUT2D eigenvalue weighted by atomic mass is 9.95. The maximum Gasteiger partial charge on any atom is 0.295 e. The minimum absolute atomic E-state index is 0.00823. The first-order chi connectivity index (χ1) is 17.8. The number of phenols is 1. The Morgan fingerprint density at radius 2 is 1.62 bits per heavy atom. The average molecular weight is 529 g/mol. The lowest BCUT2D eigenvalue weighted by Crippen LogP contribution is -2.34. The van der Waals surface area contributed by atoms with Crippen molar-refractivity contribution in [1.82, 2.24) is 9.80 Å². The van der Waals surface area contributed by atoms with Gasteiger partial charge in [-0.15, -0.1) is 0 Å². The molecule has 37 heavy (non-hydrogen) atoms. The number of phenolic OH excluding ortho intramolecular Hbond substituents is 1. The number of aliphatic hydroxyl groups excluding tert-OH is 1. The number of nitrogens with zero attached hydrogens (tertiary/aromatic N) is 2. The molecule has 3 rings (SSSR count). The van der Waals surface area contributed by atoms with E-state index in [1.807, 2.05) is 0 Å². The molecule has 0 aliphatic carbocycles. The average Bonchev–Trinajstić information content (AvgIpc) is 3.15. The second-order valence-corrected chi connectivity index (χ2v) is 9.77. The third-order valence-corrected chi connectivity index (χ3v) is 6.96. The standard InChI is InChI=1S/C29H37ClN2O5/c1-4-6-15-31(16-7-5-2)17-8-18-32-26(21-11-14-23(33)24(19-21)37-3)25(28(35)29(32)36)27(34)20-9-12-22(30)13-10-20/h9-14,19,26,33-34H,4-8,15-18H2,1-3H3/t26-/m1/s1. The maximum absolute atomic E-state index is 13.3. The third-order valence-electron chi connectivity index (χ3n) is 6.71. The number of Topliss-reactive ketones (excluding diaryl/α,β-unsaturated/α-hetero) is 1. The molecule has 0 spiro atoms. The predicted molar refractivity (Wildman–Crippen MR) is 146 cm³/mol. The van der Waals surface area contributed by atoms with Gasteiger partial charge in [0.15, 0.2) is 11.5 Å². The van der Waals surface area contributed by atoms with Crippen molar-refractivity contribution < 1.29 is 24.5 Å². The summed E-state index contributed by atoms with van der Waals surface area (Å²) in [7, 11) is 1.44. The predicted octanol–water partition coefficient (Wildman–Crippen LogP) is 5.77. The van der Waals surface area contributed by atoms with E-state index < -0.39 is 17.7 Å². The Morgan fingerprint density at radius 3 is 2.22 bits per heavy atom. The first-order valence-corrected chi connectivity index (χ1v) is 13.3. The molecule has 7 nitrogen and oxygen atoms in total. The van der Waals surface area contributed by atoms with E-state index in [2.05, 4.69) is 18.7 Å². The minimum Gasteiger partial charge on any atom is -0.507 e. The summed E-state index contributed by atoms with van der Waals surface area (Å²) in [4.78, 5) is 30.4. The number of benzene rings is 2. The molecule has 0 saturated carbocycles. The van der Waals surface area contributed by atoms with E-state index >= 15 is 0 Å². The Labute approximate surface area is 224 Å². The quantitative estimate of drug-likeness (QED) is 0.195. The number of hydrogen-bond donors (Lipinski definition) is 2. The van der Waals surface area contributed by atoms with Crippen LogP contribution in [0.4, 0.5) is 0 Å². The van der Waals surface area contributed by atoms with Crippen LogP contribution >= 0.6 is 11.6 Å². The number of aliphatic hydroxyl groups is 1. The van der Waals surface area contributed by atoms with Gasteiger partial charge in [0.05, 0.1) is 18.7 Å². The number of unbranched alkanes of at least 4 members (excludes halogenated alkanes) is 2. The number of aromatic hydroxyl groups is 1. The van der Waals surface area contributed by atoms with Crippen LogP contribution in [0.5, 0.6) is 11.5 Å². The lowest BCUT2D eigenvalue weighted by Gasteiger charge is -2.28. The lowest BCUT2D eigenvalue weighted by molar-refractivity contribution is -0.140. The van der Waals surface area contributed by atoms with Crippen molar-refractivity contribution in [3.8, 4) is 11.5 Å². The van der Waals surface area contributed by atoms with E-state index in [-0.39, 0.29) is 22.8 Å². The van der Waals surface area contributed by atoms with Crippen molar-refractivity contribution in [1.29, 1.82) is 0 Å². The van der Waals surface area contributed by atoms with Crippen molar-refractivity contribution in [2.75, 3.05) is 33.3 Å². The van der Waals surface area contributed by atoms with Crippen LogP contribution in [-0.2, 0) is 9.59 Å². The van der Waals surface area contributed by atoms with E-state index in [1.165, 1.54) is 18.1 Å². The van der Waals surface area contributed by atoms with Crippen molar-refractivity contribution in [3.63, 3.8) is 0 Å². The summed E-state index contributed by atoms with van der Waals surface area (Å²) < 4.78 is 5.28. The highest BCUT2D eigenvalue weighted by molar-refractivity contribution is 6.46. The van der Waals surface area contributed by atoms with Gasteiger partial charge in [-0.2, -0.15) is 0 Å². The summed E-state index contributed by atoms with van der Waals surface area (Å²) in [6.07, 6.45) is 5.15. The van der Waals surface area contributed by atoms with Gasteiger partial charge < -0.3 is 24.7 Å². The Balaban J connectivity index is 1.96. The molecule has 2 aromatic rings. The number of carbonyl (C=O) groups is 2. The second-order valence-electron chi connectivity index (χ2n) is 9.33. The van der Waals surface area contributed by atoms with E-state index in [1.54, 1.807) is 36.4 Å². The van der Waals surface area contributed by atoms with Crippen molar-refractivity contribution in [3.05, 3.63) is 64.2 Å². The normalized spacial score (nSPS) is 17.1. The largest absolute Gasteiger partial charge is 0.507 e. The van der Waals surface area contributed by atoms with E-state index in [4.69, 9.17) is 16.3 Å². The van der Waals surface area contributed by atoms with Gasteiger partial charge in [0.1, 0.15) is 5.76 Å². The molecule has 1 heterocycles. The van der Waals surface area contributed by atoms with Gasteiger partial charge in [-0.3, -0.25) is 9.59 Å². The van der Waals surface area contributed by atoms with Gasteiger partial charge >= 0.3 is 0 Å². The molecule has 1 aliphatic heterocycles.